The van der Waals surface area contributed by atoms with Gasteiger partial charge in [-0.2, -0.15) is 0 Å². The molecule has 432 valence electrons. The Morgan fingerprint density at radius 3 is 2.15 bits per heavy atom. The number of pyridine rings is 2. The van der Waals surface area contributed by atoms with Gasteiger partial charge >= 0.3 is 12.1 Å². The molecule has 1 unspecified atom stereocenters. The summed E-state index contributed by atoms with van der Waals surface area (Å²) in [5.74, 6) is -5.39. The van der Waals surface area contributed by atoms with Crippen LogP contribution in [0.25, 0.3) is 22.3 Å². The number of hydrogen-bond donors (Lipinski definition) is 7. The van der Waals surface area contributed by atoms with Gasteiger partial charge in [-0.05, 0) is 42.2 Å². The van der Waals surface area contributed by atoms with Gasteiger partial charge < -0.3 is 70.0 Å². The minimum absolute atomic E-state index is 0.0263. The number of nitrogens with one attached hydrogen (secondary N) is 6. The number of hydrogen-bond acceptors (Lipinski definition) is 18. The van der Waals surface area contributed by atoms with Gasteiger partial charge in [-0.3, -0.25) is 43.3 Å². The Bertz CT molecular complexity index is 3120. The van der Waals surface area contributed by atoms with Crippen LogP contribution in [0.3, 0.4) is 0 Å². The number of alkyl carbamates (subject to hydrolysis) is 1. The number of benzene rings is 2. The van der Waals surface area contributed by atoms with Crippen LogP contribution in [0.15, 0.2) is 65.5 Å². The van der Waals surface area contributed by atoms with Crippen LogP contribution in [0.5, 0.6) is 0 Å². The smallest absolute Gasteiger partial charge is 0.407 e. The third-order valence-electron chi connectivity index (χ3n) is 13.2. The third kappa shape index (κ3) is 15.9. The van der Waals surface area contributed by atoms with E-state index in [-0.39, 0.29) is 134 Å². The zero-order valence-corrected chi connectivity index (χ0v) is 44.5. The van der Waals surface area contributed by atoms with E-state index < -0.39 is 84.3 Å². The highest BCUT2D eigenvalue weighted by Gasteiger charge is 2.45. The lowest BCUT2D eigenvalue weighted by Crippen LogP contribution is -2.52. The number of aryl methyl sites for hydroxylation is 1. The molecular weight excluding hydrogens is 1070 g/mol. The molecule has 27 heteroatoms. The molecule has 2 atom stereocenters. The Hall–Kier alpha value is -8.50. The fraction of sp³-hybridized carbons (Fsp3) is 0.426. The number of aromatic nitrogens is 2. The minimum atomic E-state index is -2.05. The van der Waals surface area contributed by atoms with Crippen LogP contribution in [0, 0.1) is 12.7 Å². The molecule has 0 saturated carbocycles. The maximum Gasteiger partial charge on any atom is 0.407 e. The first-order chi connectivity index (χ1) is 39.0. The molecule has 3 aliphatic heterocycles. The molecule has 2 aromatic carbocycles. The van der Waals surface area contributed by atoms with Crippen LogP contribution in [-0.4, -0.2) is 165 Å². The lowest BCUT2D eigenvalue weighted by molar-refractivity contribution is -0.172. The van der Waals surface area contributed by atoms with E-state index >= 15 is 0 Å². The number of imide groups is 1. The van der Waals surface area contributed by atoms with Crippen molar-refractivity contribution in [2.45, 2.75) is 64.4 Å². The number of ether oxygens (including phenoxy) is 6. The Labute approximate surface area is 462 Å². The summed E-state index contributed by atoms with van der Waals surface area (Å²) in [5, 5.41) is 26.7. The maximum absolute atomic E-state index is 14.9. The van der Waals surface area contributed by atoms with E-state index in [0.29, 0.717) is 39.0 Å². The standard InChI is InChI=1S/C54H62FN9O17/c1-3-54(75)38-23-42-49-36(29-64(42)51(72)37(38)30-81-52(54)73)35(34-21-32(2)39(55)24-40(34)62-49)25-59-53(74)80-20-19-79-31-60-45(67)27-58-50(71)41(22-33-7-5-4-6-8-33)61-46(68)28-57-44(66)26-56-43(65)11-13-76-15-17-78-18-16-77-14-12-63-47(69)9-10-48(63)70/h4-10,21,23-24,41,75H,3,11-20,22,25-31H2,1-2H3,(H,56,65)(H,57,66)(H,58,71)(H,59,74)(H,60,67)(H,61,68)/t41?,54-/m0/s1. The van der Waals surface area contributed by atoms with Crippen LogP contribution in [0.4, 0.5) is 9.18 Å². The average molecular weight is 1130 g/mol. The van der Waals surface area contributed by atoms with Crippen molar-refractivity contribution in [3.8, 4) is 11.4 Å². The lowest BCUT2D eigenvalue weighted by atomic mass is 9.86. The topological polar surface area (TPSA) is 340 Å². The number of amides is 8. The van der Waals surface area contributed by atoms with Gasteiger partial charge in [-0.15, -0.1) is 0 Å². The fourth-order valence-corrected chi connectivity index (χ4v) is 8.78. The summed E-state index contributed by atoms with van der Waals surface area (Å²) in [6.45, 7) is 1.83. The summed E-state index contributed by atoms with van der Waals surface area (Å²) in [6.07, 6.45) is 1.48. The van der Waals surface area contributed by atoms with Gasteiger partial charge in [-0.1, -0.05) is 37.3 Å². The molecular formula is C54H62FN9O17. The molecule has 8 amide bonds. The Kier molecular flexibility index (Phi) is 21.2. The lowest BCUT2D eigenvalue weighted by Gasteiger charge is -2.31. The molecule has 2 aromatic heterocycles. The number of rotatable bonds is 30. The number of esters is 1. The molecule has 3 aliphatic rings. The second-order valence-electron chi connectivity index (χ2n) is 18.6. The normalized spacial score (nSPS) is 15.3. The Morgan fingerprint density at radius 2 is 1.42 bits per heavy atom. The predicted molar refractivity (Wildman–Crippen MR) is 280 cm³/mol. The van der Waals surface area contributed by atoms with E-state index in [1.807, 2.05) is 0 Å². The molecule has 0 saturated heterocycles. The van der Waals surface area contributed by atoms with Crippen molar-refractivity contribution in [3.63, 3.8) is 0 Å². The SMILES string of the molecule is CC[C@@]1(O)C(=O)OCc2c1cc1n(c2=O)Cc2c-1nc1cc(F)c(C)cc1c2CNC(=O)OCCOCNC(=O)CNC(=O)C(Cc1ccccc1)NC(=O)CNC(=O)CNC(=O)CCOCCOCCOCCN1C(=O)C=CC1=O. The number of cyclic esters (lactones) is 1. The van der Waals surface area contributed by atoms with Gasteiger partial charge in [-0.25, -0.2) is 19.0 Å². The summed E-state index contributed by atoms with van der Waals surface area (Å²) in [5.41, 5.74) is 0.649. The molecule has 26 nitrogen and oxygen atoms in total. The predicted octanol–water partition coefficient (Wildman–Crippen LogP) is -0.715. The first kappa shape index (κ1) is 60.1. The highest BCUT2D eigenvalue weighted by molar-refractivity contribution is 6.12. The van der Waals surface area contributed by atoms with Crippen molar-refractivity contribution in [2.24, 2.45) is 0 Å². The monoisotopic (exact) mass is 1130 g/mol. The second-order valence-corrected chi connectivity index (χ2v) is 18.6. The van der Waals surface area contributed by atoms with Gasteiger partial charge in [0.2, 0.25) is 29.5 Å². The fourth-order valence-electron chi connectivity index (χ4n) is 8.78. The van der Waals surface area contributed by atoms with Crippen molar-refractivity contribution in [2.75, 3.05) is 85.8 Å². The van der Waals surface area contributed by atoms with E-state index in [9.17, 15) is 57.4 Å². The molecule has 81 heavy (non-hydrogen) atoms. The number of halogens is 1. The molecule has 7 rings (SSSR count). The highest BCUT2D eigenvalue weighted by atomic mass is 19.1. The quantitative estimate of drug-likeness (QED) is 0.0129. The molecule has 4 aromatic rings. The van der Waals surface area contributed by atoms with E-state index in [1.54, 1.807) is 50.2 Å². The highest BCUT2D eigenvalue weighted by Crippen LogP contribution is 2.40. The first-order valence-corrected chi connectivity index (χ1v) is 25.9. The third-order valence-corrected chi connectivity index (χ3v) is 13.2. The summed E-state index contributed by atoms with van der Waals surface area (Å²) in [4.78, 5) is 132. The Morgan fingerprint density at radius 1 is 0.765 bits per heavy atom. The largest absolute Gasteiger partial charge is 0.458 e. The van der Waals surface area contributed by atoms with Crippen LogP contribution in [-0.2, 0) is 98.5 Å². The number of fused-ring (bicyclic) bond motifs is 5. The van der Waals surface area contributed by atoms with Crippen LogP contribution >= 0.6 is 0 Å². The Balaban J connectivity index is 0.773. The van der Waals surface area contributed by atoms with Gasteiger partial charge in [0, 0.05) is 54.1 Å². The van der Waals surface area contributed by atoms with Crippen LogP contribution < -0.4 is 37.5 Å². The van der Waals surface area contributed by atoms with E-state index in [4.69, 9.17) is 33.4 Å². The van der Waals surface area contributed by atoms with E-state index in [0.717, 1.165) is 4.90 Å². The van der Waals surface area contributed by atoms with Crippen molar-refractivity contribution < 1.29 is 81.1 Å². The zero-order chi connectivity index (χ0) is 58.1. The summed E-state index contributed by atoms with van der Waals surface area (Å²) >= 11 is 0. The average Bonchev–Trinajstić information content (AvgIpc) is 3.66. The number of aliphatic hydroxyl groups is 1. The number of nitrogens with zero attached hydrogens (tertiary/aromatic N) is 3. The molecule has 5 heterocycles. The van der Waals surface area contributed by atoms with Crippen molar-refractivity contribution >= 4 is 64.3 Å². The summed E-state index contributed by atoms with van der Waals surface area (Å²) in [6, 6.07) is 11.9. The van der Waals surface area contributed by atoms with E-state index in [1.165, 1.54) is 28.9 Å². The molecule has 0 radical (unpaired) electrons. The second kappa shape index (κ2) is 28.6. The molecule has 0 fully saturated rings. The van der Waals surface area contributed by atoms with Gasteiger partial charge in [0.25, 0.3) is 17.4 Å². The van der Waals surface area contributed by atoms with E-state index in [2.05, 4.69) is 31.9 Å². The number of carbonyl (C=O) groups excluding carboxylic acids is 9. The van der Waals surface area contributed by atoms with Crippen LogP contribution in [0.1, 0.15) is 53.1 Å². The number of carbonyl (C=O) groups is 9. The summed E-state index contributed by atoms with van der Waals surface area (Å²) < 4.78 is 48.2. The van der Waals surface area contributed by atoms with Gasteiger partial charge in [0.15, 0.2) is 5.60 Å². The zero-order valence-electron chi connectivity index (χ0n) is 44.5. The van der Waals surface area contributed by atoms with Crippen LogP contribution in [0.2, 0.25) is 0 Å². The van der Waals surface area contributed by atoms with Crippen molar-refractivity contribution in [1.29, 1.82) is 0 Å². The van der Waals surface area contributed by atoms with Gasteiger partial charge in [0.05, 0.1) is 101 Å². The molecule has 0 bridgehead atoms. The van der Waals surface area contributed by atoms with Gasteiger partial charge in [0.1, 0.15) is 31.8 Å². The first-order valence-electron chi connectivity index (χ1n) is 25.9. The molecule has 0 aliphatic carbocycles. The van der Waals surface area contributed by atoms with Crippen molar-refractivity contribution in [3.05, 3.63) is 110 Å². The van der Waals surface area contributed by atoms with Crippen molar-refractivity contribution in [1.82, 2.24) is 46.4 Å². The molecule has 0 spiro atoms. The minimum Gasteiger partial charge on any atom is -0.458 e. The summed E-state index contributed by atoms with van der Waals surface area (Å²) in [7, 11) is 0. The molecule has 7 N–H and O–H groups in total. The maximum atomic E-state index is 14.9.